The lowest BCUT2D eigenvalue weighted by molar-refractivity contribution is -0.115. The number of ketones is 2. The highest BCUT2D eigenvalue weighted by atomic mass is 32.2. The first kappa shape index (κ1) is 21.5. The van der Waals surface area contributed by atoms with Crippen molar-refractivity contribution in [2.45, 2.75) is 24.0 Å². The van der Waals surface area contributed by atoms with Crippen LogP contribution in [0.3, 0.4) is 0 Å². The van der Waals surface area contributed by atoms with Crippen molar-refractivity contribution in [1.82, 2.24) is 0 Å². The molecule has 160 valence electrons. The monoisotopic (exact) mass is 444 g/mol. The van der Waals surface area contributed by atoms with Gasteiger partial charge in [0.25, 0.3) is 0 Å². The van der Waals surface area contributed by atoms with E-state index in [9.17, 15) is 19.2 Å². The van der Waals surface area contributed by atoms with E-state index in [4.69, 9.17) is 0 Å². The van der Waals surface area contributed by atoms with Crippen molar-refractivity contribution < 1.29 is 19.2 Å². The van der Waals surface area contributed by atoms with Gasteiger partial charge in [0.1, 0.15) is 0 Å². The third-order valence-corrected chi connectivity index (χ3v) is 6.16. The first-order chi connectivity index (χ1) is 15.3. The Morgan fingerprint density at radius 1 is 0.750 bits per heavy atom. The van der Waals surface area contributed by atoms with Crippen molar-refractivity contribution in [1.29, 1.82) is 0 Å². The van der Waals surface area contributed by atoms with Crippen LogP contribution in [-0.4, -0.2) is 28.6 Å². The minimum absolute atomic E-state index is 0.146. The van der Waals surface area contributed by atoms with Gasteiger partial charge in [-0.05, 0) is 49.4 Å². The number of carbonyl (C=O) groups excluding carboxylic acids is 4. The molecule has 0 bridgehead atoms. The standard InChI is InChI=1S/C25H20N2O4S/c1-14(32-18-10-7-16(8-11-18)26-15(2)28)25(31)27-17-9-12-21-22(13-17)24(30)20-6-4-3-5-19(20)23(21)29/h3-14H,1-2H3,(H,26,28)(H,27,31). The van der Waals surface area contributed by atoms with E-state index in [2.05, 4.69) is 10.6 Å². The first-order valence-electron chi connectivity index (χ1n) is 10.0. The normalized spacial score (nSPS) is 13.1. The molecule has 0 saturated carbocycles. The maximum Gasteiger partial charge on any atom is 0.237 e. The van der Waals surface area contributed by atoms with Gasteiger partial charge < -0.3 is 10.6 Å². The number of thioether (sulfide) groups is 1. The van der Waals surface area contributed by atoms with Crippen molar-refractivity contribution in [3.05, 3.63) is 89.0 Å². The average Bonchev–Trinajstić information content (AvgIpc) is 2.78. The Labute approximate surface area is 189 Å². The number of hydrogen-bond acceptors (Lipinski definition) is 5. The Balaban J connectivity index is 1.46. The van der Waals surface area contributed by atoms with Crippen LogP contribution in [0.15, 0.2) is 71.6 Å². The molecule has 4 rings (SSSR count). The highest BCUT2D eigenvalue weighted by Gasteiger charge is 2.29. The predicted molar refractivity (Wildman–Crippen MR) is 124 cm³/mol. The van der Waals surface area contributed by atoms with Gasteiger partial charge in [0, 0.05) is 45.4 Å². The van der Waals surface area contributed by atoms with Crippen molar-refractivity contribution >= 4 is 46.5 Å². The van der Waals surface area contributed by atoms with Gasteiger partial charge in [0.2, 0.25) is 11.8 Å². The SMILES string of the molecule is CC(=O)Nc1ccc(SC(C)C(=O)Nc2ccc3c(c2)C(=O)c2ccccc2C3=O)cc1. The second-order valence-electron chi connectivity index (χ2n) is 7.42. The van der Waals surface area contributed by atoms with Gasteiger partial charge in [-0.1, -0.05) is 24.3 Å². The molecule has 2 N–H and O–H groups in total. The van der Waals surface area contributed by atoms with Gasteiger partial charge in [0.15, 0.2) is 11.6 Å². The van der Waals surface area contributed by atoms with E-state index in [1.807, 2.05) is 12.1 Å². The Bertz CT molecular complexity index is 1250. The summed E-state index contributed by atoms with van der Waals surface area (Å²) in [5, 5.41) is 5.12. The molecule has 32 heavy (non-hydrogen) atoms. The molecule has 7 heteroatoms. The lowest BCUT2D eigenvalue weighted by Crippen LogP contribution is -2.24. The maximum absolute atomic E-state index is 12.9. The molecular formula is C25H20N2O4S. The number of amides is 2. The predicted octanol–water partition coefficient (Wildman–Crippen LogP) is 4.54. The zero-order valence-corrected chi connectivity index (χ0v) is 18.3. The molecule has 2 amide bonds. The molecular weight excluding hydrogens is 424 g/mol. The molecule has 0 saturated heterocycles. The number of anilines is 2. The van der Waals surface area contributed by atoms with E-state index in [1.165, 1.54) is 18.7 Å². The molecule has 3 aromatic rings. The van der Waals surface area contributed by atoms with E-state index < -0.39 is 5.25 Å². The topological polar surface area (TPSA) is 92.3 Å². The van der Waals surface area contributed by atoms with Crippen LogP contribution in [0.5, 0.6) is 0 Å². The van der Waals surface area contributed by atoms with Crippen molar-refractivity contribution in [2.75, 3.05) is 10.6 Å². The van der Waals surface area contributed by atoms with Crippen LogP contribution in [0, 0.1) is 0 Å². The third kappa shape index (κ3) is 4.33. The van der Waals surface area contributed by atoms with Crippen molar-refractivity contribution in [3.8, 4) is 0 Å². The molecule has 6 nitrogen and oxygen atoms in total. The fraction of sp³-hybridized carbons (Fsp3) is 0.120. The number of benzene rings is 3. The summed E-state index contributed by atoms with van der Waals surface area (Å²) in [6.45, 7) is 3.23. The van der Waals surface area contributed by atoms with Crippen LogP contribution in [0.4, 0.5) is 11.4 Å². The Kier molecular flexibility index (Phi) is 5.92. The summed E-state index contributed by atoms with van der Waals surface area (Å²) >= 11 is 1.37. The summed E-state index contributed by atoms with van der Waals surface area (Å²) in [4.78, 5) is 50.3. The second kappa shape index (κ2) is 8.80. The van der Waals surface area contributed by atoms with E-state index in [0.717, 1.165) is 4.90 Å². The van der Waals surface area contributed by atoms with Crippen LogP contribution < -0.4 is 10.6 Å². The van der Waals surface area contributed by atoms with Gasteiger partial charge in [-0.2, -0.15) is 0 Å². The van der Waals surface area contributed by atoms with Gasteiger partial charge in [-0.15, -0.1) is 11.8 Å². The molecule has 1 unspecified atom stereocenters. The van der Waals surface area contributed by atoms with Crippen molar-refractivity contribution in [2.24, 2.45) is 0 Å². The summed E-state index contributed by atoms with van der Waals surface area (Å²) in [5.74, 6) is -0.796. The smallest absolute Gasteiger partial charge is 0.237 e. The van der Waals surface area contributed by atoms with Crippen LogP contribution in [0.25, 0.3) is 0 Å². The zero-order valence-electron chi connectivity index (χ0n) is 17.5. The highest BCUT2D eigenvalue weighted by Crippen LogP contribution is 2.30. The number of rotatable bonds is 5. The van der Waals surface area contributed by atoms with Gasteiger partial charge >= 0.3 is 0 Å². The van der Waals surface area contributed by atoms with E-state index >= 15 is 0 Å². The average molecular weight is 445 g/mol. The largest absolute Gasteiger partial charge is 0.326 e. The molecule has 0 spiro atoms. The Morgan fingerprint density at radius 3 is 1.94 bits per heavy atom. The summed E-state index contributed by atoms with van der Waals surface area (Å²) in [6, 6.07) is 18.7. The molecule has 0 aliphatic heterocycles. The molecule has 0 aromatic heterocycles. The van der Waals surface area contributed by atoms with Crippen LogP contribution in [0.2, 0.25) is 0 Å². The molecule has 1 aliphatic carbocycles. The molecule has 0 heterocycles. The fourth-order valence-electron chi connectivity index (χ4n) is 3.50. The number of nitrogens with one attached hydrogen (secondary N) is 2. The fourth-order valence-corrected chi connectivity index (χ4v) is 4.37. The lowest BCUT2D eigenvalue weighted by Gasteiger charge is -2.19. The molecule has 0 fully saturated rings. The molecule has 0 radical (unpaired) electrons. The summed E-state index contributed by atoms with van der Waals surface area (Å²) in [7, 11) is 0. The summed E-state index contributed by atoms with van der Waals surface area (Å²) in [6.07, 6.45) is 0. The minimum Gasteiger partial charge on any atom is -0.326 e. The summed E-state index contributed by atoms with van der Waals surface area (Å²) in [5.41, 5.74) is 2.56. The molecule has 1 aliphatic rings. The maximum atomic E-state index is 12.9. The van der Waals surface area contributed by atoms with E-state index in [-0.39, 0.29) is 23.4 Å². The third-order valence-electron chi connectivity index (χ3n) is 5.05. The van der Waals surface area contributed by atoms with Gasteiger partial charge in [0.05, 0.1) is 5.25 Å². The number of carbonyl (C=O) groups is 4. The van der Waals surface area contributed by atoms with E-state index in [1.54, 1.807) is 61.5 Å². The zero-order chi connectivity index (χ0) is 22.8. The first-order valence-corrected chi connectivity index (χ1v) is 10.9. The van der Waals surface area contributed by atoms with E-state index in [0.29, 0.717) is 33.6 Å². The summed E-state index contributed by atoms with van der Waals surface area (Å²) < 4.78 is 0. The van der Waals surface area contributed by atoms with Crippen LogP contribution in [0.1, 0.15) is 45.7 Å². The molecule has 1 atom stereocenters. The minimum atomic E-state index is -0.407. The number of fused-ring (bicyclic) bond motifs is 2. The van der Waals surface area contributed by atoms with Gasteiger partial charge in [-0.3, -0.25) is 19.2 Å². The van der Waals surface area contributed by atoms with Gasteiger partial charge in [-0.25, -0.2) is 0 Å². The van der Waals surface area contributed by atoms with Crippen molar-refractivity contribution in [3.63, 3.8) is 0 Å². The number of hydrogen-bond donors (Lipinski definition) is 2. The van der Waals surface area contributed by atoms with Crippen LogP contribution in [-0.2, 0) is 9.59 Å². The Morgan fingerprint density at radius 2 is 1.31 bits per heavy atom. The second-order valence-corrected chi connectivity index (χ2v) is 8.83. The molecule has 3 aromatic carbocycles. The Hall–Kier alpha value is -3.71. The van der Waals surface area contributed by atoms with Crippen LogP contribution >= 0.6 is 11.8 Å². The quantitative estimate of drug-likeness (QED) is 0.441. The lowest BCUT2D eigenvalue weighted by atomic mass is 9.84. The highest BCUT2D eigenvalue weighted by molar-refractivity contribution is 8.00.